The molecule has 4 aromatic rings. The molecule has 0 saturated heterocycles. The van der Waals surface area contributed by atoms with Gasteiger partial charge in [0.05, 0.1) is 16.6 Å². The normalized spacial score (nSPS) is 11.7. The summed E-state index contributed by atoms with van der Waals surface area (Å²) in [7, 11) is 0. The molecule has 0 aliphatic heterocycles. The highest BCUT2D eigenvalue weighted by Gasteiger charge is 2.08. The van der Waals surface area contributed by atoms with Crippen LogP contribution in [0.3, 0.4) is 0 Å². The largest absolute Gasteiger partial charge is 0.478 e. The smallest absolute Gasteiger partial charge is 0.335 e. The molecule has 3 aromatic carbocycles. The molecule has 0 fully saturated rings. The second-order valence-electron chi connectivity index (χ2n) is 6.47. The highest BCUT2D eigenvalue weighted by molar-refractivity contribution is 6.30. The van der Waals surface area contributed by atoms with E-state index in [0.29, 0.717) is 27.4 Å². The Morgan fingerprint density at radius 3 is 2.54 bits per heavy atom. The summed E-state index contributed by atoms with van der Waals surface area (Å²) in [4.78, 5) is 16.0. The molecule has 28 heavy (non-hydrogen) atoms. The molecule has 5 heteroatoms. The number of hydrogen-bond acceptors (Lipinski definition) is 3. The van der Waals surface area contributed by atoms with Crippen molar-refractivity contribution in [2.45, 2.75) is 6.92 Å². The van der Waals surface area contributed by atoms with Crippen molar-refractivity contribution in [1.29, 1.82) is 0 Å². The van der Waals surface area contributed by atoms with E-state index in [1.807, 2.05) is 43.3 Å². The molecule has 0 aliphatic rings. The van der Waals surface area contributed by atoms with E-state index >= 15 is 0 Å². The SMILES string of the molecule is Cc1ccc2oc(-c3ccc(Cl)cc3)cc(=Nc3cccc(C(=O)O)c3)c2c1. The lowest BCUT2D eigenvalue weighted by atomic mass is 10.1. The second kappa shape index (κ2) is 7.33. The minimum Gasteiger partial charge on any atom is -0.478 e. The summed E-state index contributed by atoms with van der Waals surface area (Å²) in [5.41, 5.74) is 3.42. The number of halogens is 1. The second-order valence-corrected chi connectivity index (χ2v) is 6.91. The van der Waals surface area contributed by atoms with E-state index in [2.05, 4.69) is 0 Å². The minimum absolute atomic E-state index is 0.195. The van der Waals surface area contributed by atoms with Gasteiger partial charge in [-0.3, -0.25) is 0 Å². The van der Waals surface area contributed by atoms with Gasteiger partial charge < -0.3 is 9.52 Å². The Labute approximate surface area is 166 Å². The van der Waals surface area contributed by atoms with Crippen LogP contribution in [0, 0.1) is 6.92 Å². The van der Waals surface area contributed by atoms with Crippen LogP contribution in [0.4, 0.5) is 5.69 Å². The van der Waals surface area contributed by atoms with Gasteiger partial charge in [0.1, 0.15) is 11.3 Å². The molecule has 0 atom stereocenters. The van der Waals surface area contributed by atoms with Crippen LogP contribution >= 0.6 is 11.6 Å². The number of carboxylic acid groups (broad SMARTS) is 1. The quantitative estimate of drug-likeness (QED) is 0.468. The molecule has 0 radical (unpaired) electrons. The van der Waals surface area contributed by atoms with Gasteiger partial charge in [-0.2, -0.15) is 0 Å². The zero-order chi connectivity index (χ0) is 19.7. The lowest BCUT2D eigenvalue weighted by molar-refractivity contribution is 0.0697. The van der Waals surface area contributed by atoms with Crippen LogP contribution in [0.2, 0.25) is 5.02 Å². The summed E-state index contributed by atoms with van der Waals surface area (Å²) >= 11 is 5.99. The van der Waals surface area contributed by atoms with Crippen molar-refractivity contribution in [3.63, 3.8) is 0 Å². The molecule has 4 rings (SSSR count). The first-order chi connectivity index (χ1) is 13.5. The van der Waals surface area contributed by atoms with E-state index in [-0.39, 0.29) is 5.56 Å². The maximum Gasteiger partial charge on any atom is 0.335 e. The van der Waals surface area contributed by atoms with Crippen molar-refractivity contribution in [3.8, 4) is 11.3 Å². The van der Waals surface area contributed by atoms with Gasteiger partial charge in [0, 0.05) is 22.0 Å². The number of hydrogen-bond donors (Lipinski definition) is 1. The van der Waals surface area contributed by atoms with Crippen molar-refractivity contribution >= 4 is 34.2 Å². The van der Waals surface area contributed by atoms with Gasteiger partial charge in [0.2, 0.25) is 0 Å². The Bertz CT molecular complexity index is 1260. The first kappa shape index (κ1) is 18.0. The molecule has 138 valence electrons. The summed E-state index contributed by atoms with van der Waals surface area (Å²) < 4.78 is 6.09. The monoisotopic (exact) mass is 389 g/mol. The van der Waals surface area contributed by atoms with Crippen LogP contribution in [0.1, 0.15) is 15.9 Å². The summed E-state index contributed by atoms with van der Waals surface area (Å²) in [5.74, 6) is -0.330. The van der Waals surface area contributed by atoms with Crippen molar-refractivity contribution in [3.05, 3.63) is 94.3 Å². The molecule has 0 unspecified atom stereocenters. The third-order valence-electron chi connectivity index (χ3n) is 4.37. The molecule has 0 saturated carbocycles. The topological polar surface area (TPSA) is 62.8 Å². The van der Waals surface area contributed by atoms with Gasteiger partial charge in [0.25, 0.3) is 0 Å². The van der Waals surface area contributed by atoms with Crippen LogP contribution in [0.25, 0.3) is 22.3 Å². The van der Waals surface area contributed by atoms with Crippen molar-refractivity contribution in [2.24, 2.45) is 4.99 Å². The average molecular weight is 390 g/mol. The minimum atomic E-state index is -0.984. The van der Waals surface area contributed by atoms with E-state index in [4.69, 9.17) is 21.0 Å². The van der Waals surface area contributed by atoms with Crippen LogP contribution in [0.5, 0.6) is 0 Å². The average Bonchev–Trinajstić information content (AvgIpc) is 2.69. The van der Waals surface area contributed by atoms with E-state index in [1.54, 1.807) is 36.4 Å². The fourth-order valence-corrected chi connectivity index (χ4v) is 3.11. The van der Waals surface area contributed by atoms with Gasteiger partial charge in [0.15, 0.2) is 0 Å². The number of rotatable bonds is 3. The highest BCUT2D eigenvalue weighted by Crippen LogP contribution is 2.25. The fourth-order valence-electron chi connectivity index (χ4n) is 2.98. The molecule has 0 spiro atoms. The molecular weight excluding hydrogens is 374 g/mol. The Kier molecular flexibility index (Phi) is 4.72. The van der Waals surface area contributed by atoms with Gasteiger partial charge in [-0.1, -0.05) is 29.3 Å². The number of aromatic carboxylic acids is 1. The summed E-state index contributed by atoms with van der Waals surface area (Å²) in [5, 5.41) is 11.4. The first-order valence-corrected chi connectivity index (χ1v) is 9.06. The molecule has 1 N–H and O–H groups in total. The Balaban J connectivity index is 1.97. The number of nitrogens with zero attached hydrogens (tertiary/aromatic N) is 1. The Morgan fingerprint density at radius 2 is 1.79 bits per heavy atom. The molecule has 0 aliphatic carbocycles. The molecule has 4 nitrogen and oxygen atoms in total. The third kappa shape index (κ3) is 3.68. The zero-order valence-electron chi connectivity index (χ0n) is 15.0. The standard InChI is InChI=1S/C23H16ClNO3/c1-14-5-10-21-19(11-14)20(25-18-4-2-3-16(12-18)23(26)27)13-22(28-21)15-6-8-17(24)9-7-15/h2-13H,1H3,(H,26,27). The van der Waals surface area contributed by atoms with E-state index in [0.717, 1.165) is 16.5 Å². The molecular formula is C23H16ClNO3. The molecule has 0 amide bonds. The number of carbonyl (C=O) groups is 1. The molecule has 0 bridgehead atoms. The maximum absolute atomic E-state index is 11.3. The fraction of sp³-hybridized carbons (Fsp3) is 0.0435. The van der Waals surface area contributed by atoms with Gasteiger partial charge >= 0.3 is 5.97 Å². The van der Waals surface area contributed by atoms with Crippen molar-refractivity contribution < 1.29 is 14.3 Å². The van der Waals surface area contributed by atoms with Crippen LogP contribution in [0.15, 0.2) is 82.2 Å². The van der Waals surface area contributed by atoms with Crippen LogP contribution in [-0.4, -0.2) is 11.1 Å². The van der Waals surface area contributed by atoms with E-state index < -0.39 is 5.97 Å². The predicted molar refractivity (Wildman–Crippen MR) is 110 cm³/mol. The molecule has 1 heterocycles. The van der Waals surface area contributed by atoms with Crippen molar-refractivity contribution in [1.82, 2.24) is 0 Å². The lowest BCUT2D eigenvalue weighted by Gasteiger charge is -2.06. The highest BCUT2D eigenvalue weighted by atomic mass is 35.5. The van der Waals surface area contributed by atoms with Crippen LogP contribution < -0.4 is 5.36 Å². The van der Waals surface area contributed by atoms with Crippen LogP contribution in [-0.2, 0) is 0 Å². The number of benzene rings is 3. The lowest BCUT2D eigenvalue weighted by Crippen LogP contribution is -2.04. The van der Waals surface area contributed by atoms with Gasteiger partial charge in [-0.05, 0) is 61.5 Å². The number of carboxylic acids is 1. The number of aryl methyl sites for hydroxylation is 1. The van der Waals surface area contributed by atoms with Gasteiger partial charge in [-0.25, -0.2) is 9.79 Å². The Hall–Kier alpha value is -3.37. The Morgan fingerprint density at radius 1 is 1.00 bits per heavy atom. The zero-order valence-corrected chi connectivity index (χ0v) is 15.8. The predicted octanol–water partition coefficient (Wildman–Crippen LogP) is 5.99. The number of fused-ring (bicyclic) bond motifs is 1. The molecule has 1 aromatic heterocycles. The third-order valence-corrected chi connectivity index (χ3v) is 4.62. The first-order valence-electron chi connectivity index (χ1n) is 8.68. The summed E-state index contributed by atoms with van der Waals surface area (Å²) in [6, 6.07) is 21.7. The van der Waals surface area contributed by atoms with Crippen molar-refractivity contribution in [2.75, 3.05) is 0 Å². The van der Waals surface area contributed by atoms with Gasteiger partial charge in [-0.15, -0.1) is 0 Å². The van der Waals surface area contributed by atoms with E-state index in [1.165, 1.54) is 0 Å². The summed E-state index contributed by atoms with van der Waals surface area (Å²) in [6.45, 7) is 2.00. The maximum atomic E-state index is 11.3. The van der Waals surface area contributed by atoms with E-state index in [9.17, 15) is 9.90 Å². The summed E-state index contributed by atoms with van der Waals surface area (Å²) in [6.07, 6.45) is 0.